The molecule has 196 valence electrons. The summed E-state index contributed by atoms with van der Waals surface area (Å²) in [4.78, 5) is 19.0. The third kappa shape index (κ3) is 4.32. The van der Waals surface area contributed by atoms with Crippen LogP contribution < -0.4 is 4.74 Å². The number of aryl methyl sites for hydroxylation is 3. The van der Waals surface area contributed by atoms with Gasteiger partial charge in [0.1, 0.15) is 11.1 Å². The van der Waals surface area contributed by atoms with Crippen molar-refractivity contribution in [3.63, 3.8) is 0 Å². The average Bonchev–Trinajstić information content (AvgIpc) is 3.43. The first-order chi connectivity index (χ1) is 18.2. The maximum Gasteiger partial charge on any atom is 0.304 e. The smallest absolute Gasteiger partial charge is 0.304 e. The lowest BCUT2D eigenvalue weighted by Crippen LogP contribution is -2.41. The molecule has 2 aromatic carbocycles. The summed E-state index contributed by atoms with van der Waals surface area (Å²) < 4.78 is 8.05. The van der Waals surface area contributed by atoms with E-state index in [9.17, 15) is 9.90 Å². The number of pyridine rings is 1. The predicted octanol–water partition coefficient (Wildman–Crippen LogP) is 4.94. The highest BCUT2D eigenvalue weighted by Crippen LogP contribution is 2.42. The van der Waals surface area contributed by atoms with Gasteiger partial charge in [-0.25, -0.2) is 9.67 Å². The highest BCUT2D eigenvalue weighted by atomic mass is 16.5. The number of hydrogen-bond donors (Lipinski definition) is 1. The molecular formula is C30H33N5O3. The first-order valence-corrected chi connectivity index (χ1v) is 13.2. The first kappa shape index (κ1) is 24.6. The Morgan fingerprint density at radius 1 is 1.21 bits per heavy atom. The molecule has 1 aliphatic heterocycles. The van der Waals surface area contributed by atoms with E-state index in [0.29, 0.717) is 5.88 Å². The number of rotatable bonds is 5. The highest BCUT2D eigenvalue weighted by Gasteiger charge is 2.36. The molecule has 0 saturated heterocycles. The number of carboxylic acid groups (broad SMARTS) is 1. The van der Waals surface area contributed by atoms with Gasteiger partial charge in [-0.15, -0.1) is 5.10 Å². The molecule has 1 N–H and O–H groups in total. The van der Waals surface area contributed by atoms with Crippen molar-refractivity contribution in [2.24, 2.45) is 7.05 Å². The number of fused-ring (bicyclic) bond motifs is 3. The number of benzene rings is 2. The van der Waals surface area contributed by atoms with Crippen molar-refractivity contribution >= 4 is 17.0 Å². The lowest BCUT2D eigenvalue weighted by atomic mass is 9.84. The molecule has 6 rings (SSSR count). The van der Waals surface area contributed by atoms with Crippen LogP contribution >= 0.6 is 0 Å². The Labute approximate surface area is 222 Å². The summed E-state index contributed by atoms with van der Waals surface area (Å²) in [5, 5.41) is 18.4. The molecule has 0 spiro atoms. The molecule has 3 heterocycles. The summed E-state index contributed by atoms with van der Waals surface area (Å²) in [6.45, 7) is 7.79. The van der Waals surface area contributed by atoms with Gasteiger partial charge in [0.25, 0.3) is 0 Å². The van der Waals surface area contributed by atoms with Gasteiger partial charge in [-0.3, -0.25) is 9.69 Å². The zero-order valence-electron chi connectivity index (χ0n) is 22.3. The van der Waals surface area contributed by atoms with E-state index in [1.54, 1.807) is 10.9 Å². The fourth-order valence-electron chi connectivity index (χ4n) is 6.32. The van der Waals surface area contributed by atoms with Crippen molar-refractivity contribution in [2.45, 2.75) is 64.1 Å². The second kappa shape index (κ2) is 9.20. The highest BCUT2D eigenvalue weighted by molar-refractivity contribution is 5.80. The zero-order valence-corrected chi connectivity index (χ0v) is 22.3. The summed E-state index contributed by atoms with van der Waals surface area (Å²) in [6, 6.07) is 14.9. The molecule has 2 atom stereocenters. The third-order valence-corrected chi connectivity index (χ3v) is 8.07. The molecule has 0 amide bonds. The van der Waals surface area contributed by atoms with Crippen LogP contribution in [0, 0.1) is 6.92 Å². The number of carboxylic acids is 1. The van der Waals surface area contributed by atoms with Gasteiger partial charge in [0.2, 0.25) is 5.88 Å². The minimum Gasteiger partial charge on any atom is -0.481 e. The lowest BCUT2D eigenvalue weighted by Gasteiger charge is -2.34. The quantitative estimate of drug-likeness (QED) is 0.406. The minimum absolute atomic E-state index is 0.0136. The number of nitrogens with zero attached hydrogens (tertiary/aromatic N) is 5. The molecule has 8 heteroatoms. The molecule has 2 aromatic heterocycles. The normalized spacial score (nSPS) is 19.4. The van der Waals surface area contributed by atoms with Crippen molar-refractivity contribution in [2.75, 3.05) is 6.54 Å². The van der Waals surface area contributed by atoms with E-state index >= 15 is 0 Å². The maximum absolute atomic E-state index is 12.0. The van der Waals surface area contributed by atoms with Crippen molar-refractivity contribution in [1.29, 1.82) is 0 Å². The van der Waals surface area contributed by atoms with E-state index in [-0.39, 0.29) is 24.0 Å². The lowest BCUT2D eigenvalue weighted by molar-refractivity contribution is -0.137. The standard InChI is InChI=1S/C30H33N5O3/c1-18-22(10-12-26-28(18)32-33-34(26)4)23(15-27(36)37)20-8-7-19-9-11-25(24(19)14-20)35-16-21-6-5-13-31-29(21)38-30(2,3)17-35/h5-8,10,12-14,23,25H,9,11,15-17H2,1-4H3,(H,36,37). The Hall–Kier alpha value is -3.78. The Balaban J connectivity index is 1.40. The summed E-state index contributed by atoms with van der Waals surface area (Å²) in [6.07, 6.45) is 3.83. The molecule has 2 unspecified atom stereocenters. The van der Waals surface area contributed by atoms with Crippen LogP contribution in [0.5, 0.6) is 5.88 Å². The van der Waals surface area contributed by atoms with Gasteiger partial charge in [-0.05, 0) is 73.6 Å². The van der Waals surface area contributed by atoms with E-state index in [1.807, 2.05) is 32.2 Å². The van der Waals surface area contributed by atoms with Crippen LogP contribution in [-0.4, -0.2) is 48.1 Å². The van der Waals surface area contributed by atoms with Crippen LogP contribution in [-0.2, 0) is 24.8 Å². The second-order valence-electron chi connectivity index (χ2n) is 11.3. The Morgan fingerprint density at radius 3 is 2.87 bits per heavy atom. The van der Waals surface area contributed by atoms with Gasteiger partial charge < -0.3 is 9.84 Å². The van der Waals surface area contributed by atoms with Crippen molar-refractivity contribution in [1.82, 2.24) is 24.9 Å². The fraction of sp³-hybridized carbons (Fsp3) is 0.400. The first-order valence-electron chi connectivity index (χ1n) is 13.2. The number of ether oxygens (including phenoxy) is 1. The minimum atomic E-state index is -0.818. The monoisotopic (exact) mass is 511 g/mol. The summed E-state index contributed by atoms with van der Waals surface area (Å²) in [5.41, 5.74) is 8.09. The van der Waals surface area contributed by atoms with Gasteiger partial charge in [0.05, 0.1) is 11.9 Å². The summed E-state index contributed by atoms with van der Waals surface area (Å²) >= 11 is 0. The predicted molar refractivity (Wildman–Crippen MR) is 144 cm³/mol. The molecule has 0 bridgehead atoms. The SMILES string of the molecule is Cc1c(C(CC(=O)O)c2ccc3c(c2)C(N2Cc4cccnc4OC(C)(C)C2)CC3)ccc2c1nnn2C. The molecule has 4 aromatic rings. The van der Waals surface area contributed by atoms with E-state index in [0.717, 1.165) is 59.2 Å². The molecule has 1 aliphatic carbocycles. The summed E-state index contributed by atoms with van der Waals surface area (Å²) in [7, 11) is 1.87. The van der Waals surface area contributed by atoms with Crippen LogP contribution in [0.2, 0.25) is 0 Å². The van der Waals surface area contributed by atoms with Crippen LogP contribution in [0.3, 0.4) is 0 Å². The fourth-order valence-corrected chi connectivity index (χ4v) is 6.32. The summed E-state index contributed by atoms with van der Waals surface area (Å²) in [5.74, 6) is -0.385. The second-order valence-corrected chi connectivity index (χ2v) is 11.3. The average molecular weight is 512 g/mol. The molecule has 0 fully saturated rings. The van der Waals surface area contributed by atoms with Gasteiger partial charge in [0.15, 0.2) is 0 Å². The Kier molecular flexibility index (Phi) is 5.94. The van der Waals surface area contributed by atoms with Crippen molar-refractivity contribution in [3.8, 4) is 5.88 Å². The Morgan fingerprint density at radius 2 is 2.05 bits per heavy atom. The van der Waals surface area contributed by atoms with Crippen LogP contribution in [0.1, 0.15) is 72.0 Å². The van der Waals surface area contributed by atoms with Gasteiger partial charge in [-0.2, -0.15) is 0 Å². The van der Waals surface area contributed by atoms with Crippen LogP contribution in [0.15, 0.2) is 48.7 Å². The van der Waals surface area contributed by atoms with Crippen LogP contribution in [0.4, 0.5) is 0 Å². The molecule has 8 nitrogen and oxygen atoms in total. The van der Waals surface area contributed by atoms with Crippen molar-refractivity contribution in [3.05, 3.63) is 82.0 Å². The number of hydrogen-bond acceptors (Lipinski definition) is 6. The topological polar surface area (TPSA) is 93.4 Å². The van der Waals surface area contributed by atoms with Crippen LogP contribution in [0.25, 0.3) is 11.0 Å². The van der Waals surface area contributed by atoms with Gasteiger partial charge >= 0.3 is 5.97 Å². The number of aliphatic carboxylic acids is 1. The largest absolute Gasteiger partial charge is 0.481 e. The maximum atomic E-state index is 12.0. The zero-order chi connectivity index (χ0) is 26.6. The molecule has 38 heavy (non-hydrogen) atoms. The van der Waals surface area contributed by atoms with E-state index in [1.165, 1.54) is 11.1 Å². The third-order valence-electron chi connectivity index (χ3n) is 8.07. The number of carbonyl (C=O) groups is 1. The van der Waals surface area contributed by atoms with E-state index in [2.05, 4.69) is 58.3 Å². The van der Waals surface area contributed by atoms with Gasteiger partial charge in [-0.1, -0.05) is 35.5 Å². The molecule has 0 saturated carbocycles. The van der Waals surface area contributed by atoms with E-state index < -0.39 is 5.97 Å². The number of aromatic nitrogens is 4. The van der Waals surface area contributed by atoms with Gasteiger partial charge in [0, 0.05) is 43.9 Å². The van der Waals surface area contributed by atoms with Crippen molar-refractivity contribution < 1.29 is 14.6 Å². The molecule has 0 radical (unpaired) electrons. The molecular weight excluding hydrogens is 478 g/mol. The molecule has 2 aliphatic rings. The Bertz CT molecular complexity index is 1540. The van der Waals surface area contributed by atoms with E-state index in [4.69, 9.17) is 4.74 Å².